The predicted octanol–water partition coefficient (Wildman–Crippen LogP) is 5.83. The second-order valence-electron chi connectivity index (χ2n) is 9.74. The highest BCUT2D eigenvalue weighted by atomic mass is 15.3. The van der Waals surface area contributed by atoms with Gasteiger partial charge in [-0.15, -0.1) is 0 Å². The van der Waals surface area contributed by atoms with Crippen LogP contribution >= 0.6 is 0 Å². The van der Waals surface area contributed by atoms with Crippen LogP contribution in [0.15, 0.2) is 66.1 Å². The third-order valence-electron chi connectivity index (χ3n) is 7.52. The average Bonchev–Trinajstić information content (AvgIpc) is 2.87. The third kappa shape index (κ3) is 5.58. The highest BCUT2D eigenvalue weighted by Crippen LogP contribution is 2.37. The number of nitrogens with one attached hydrogen (secondary N) is 1. The summed E-state index contributed by atoms with van der Waals surface area (Å²) in [6, 6.07) is 8.58. The number of hydrogen-bond donors (Lipinski definition) is 1. The average molecular weight is 458 g/mol. The number of likely N-dealkylation sites (N-methyl/N-ethyl adjacent to an activating group) is 1. The van der Waals surface area contributed by atoms with Crippen LogP contribution in [0.4, 0.5) is 5.82 Å². The number of piperazine rings is 1. The summed E-state index contributed by atoms with van der Waals surface area (Å²) < 4.78 is 0. The first-order chi connectivity index (χ1) is 16.5. The minimum atomic E-state index is 0.482. The molecule has 1 N–H and O–H groups in total. The molecule has 2 fully saturated rings. The Morgan fingerprint density at radius 3 is 2.41 bits per heavy atom. The second-order valence-corrected chi connectivity index (χ2v) is 9.74. The molecule has 180 valence electrons. The Labute approximate surface area is 205 Å². The summed E-state index contributed by atoms with van der Waals surface area (Å²) in [5.41, 5.74) is 4.72. The van der Waals surface area contributed by atoms with Crippen molar-refractivity contribution in [3.63, 3.8) is 0 Å². The molecule has 1 aliphatic carbocycles. The molecule has 5 heteroatoms. The summed E-state index contributed by atoms with van der Waals surface area (Å²) in [7, 11) is 4.01. The molecule has 0 atom stereocenters. The minimum absolute atomic E-state index is 0.482. The van der Waals surface area contributed by atoms with Gasteiger partial charge in [-0.25, -0.2) is 4.98 Å². The molecule has 0 radical (unpaired) electrons. The molecule has 4 rings (SSSR count). The first-order valence-corrected chi connectivity index (χ1v) is 12.5. The number of nitrogens with zero attached hydrogens (tertiary/aromatic N) is 4. The fourth-order valence-electron chi connectivity index (χ4n) is 5.24. The molecule has 5 nitrogen and oxygen atoms in total. The Hall–Kier alpha value is -2.92. The summed E-state index contributed by atoms with van der Waals surface area (Å²) in [6.45, 7) is 15.4. The van der Waals surface area contributed by atoms with Crippen molar-refractivity contribution in [2.45, 2.75) is 32.6 Å². The maximum absolute atomic E-state index is 4.65. The summed E-state index contributed by atoms with van der Waals surface area (Å²) in [5.74, 6) is 1.96. The standard InChI is InChI=1S/C29H39N5/c1-6-23(19-30-4)26-11-12-27-20-31-29(18-28(27)17-26)32-21(2)24-7-9-25(10-8-24)22(3)34-15-13-33(5)14-16-34/h6,11-12,17-20,24-25H,2-3,7-10,13-16H2,1,4-5H3,(H,31,32)/b23-6+,30-19-/t24-,25-. The van der Waals surface area contributed by atoms with Crippen molar-refractivity contribution in [2.24, 2.45) is 16.8 Å². The van der Waals surface area contributed by atoms with Gasteiger partial charge in [-0.05, 0) is 80.1 Å². The molecule has 0 spiro atoms. The number of fused-ring (bicyclic) bond motifs is 1. The Bertz CT molecular complexity index is 1080. The number of aliphatic imine (C=N–C) groups is 1. The van der Waals surface area contributed by atoms with E-state index in [0.717, 1.165) is 67.1 Å². The third-order valence-corrected chi connectivity index (χ3v) is 7.52. The van der Waals surface area contributed by atoms with Crippen molar-refractivity contribution in [3.8, 4) is 0 Å². The van der Waals surface area contributed by atoms with Gasteiger partial charge < -0.3 is 15.1 Å². The zero-order valence-corrected chi connectivity index (χ0v) is 21.1. The summed E-state index contributed by atoms with van der Waals surface area (Å²) in [4.78, 5) is 13.7. The van der Waals surface area contributed by atoms with E-state index in [0.29, 0.717) is 11.8 Å². The zero-order valence-electron chi connectivity index (χ0n) is 21.1. The molecule has 34 heavy (non-hydrogen) atoms. The van der Waals surface area contributed by atoms with E-state index in [4.69, 9.17) is 0 Å². The molecule has 2 heterocycles. The van der Waals surface area contributed by atoms with E-state index in [2.05, 4.69) is 75.6 Å². The van der Waals surface area contributed by atoms with Crippen LogP contribution in [0.3, 0.4) is 0 Å². The van der Waals surface area contributed by atoms with Gasteiger partial charge in [0, 0.05) is 62.4 Å². The molecule has 1 saturated heterocycles. The van der Waals surface area contributed by atoms with E-state index in [1.165, 1.54) is 23.9 Å². The lowest BCUT2D eigenvalue weighted by molar-refractivity contribution is 0.162. The molecule has 0 amide bonds. The van der Waals surface area contributed by atoms with Gasteiger partial charge in [0.25, 0.3) is 0 Å². The van der Waals surface area contributed by atoms with Crippen LogP contribution in [-0.2, 0) is 0 Å². The van der Waals surface area contributed by atoms with Crippen LogP contribution in [0, 0.1) is 11.8 Å². The number of pyridine rings is 1. The number of aromatic nitrogens is 1. The minimum Gasteiger partial charge on any atom is -0.373 e. The molecule has 2 aromatic rings. The largest absolute Gasteiger partial charge is 0.373 e. The quantitative estimate of drug-likeness (QED) is 0.531. The molecular weight excluding hydrogens is 418 g/mol. The van der Waals surface area contributed by atoms with Gasteiger partial charge in [0.1, 0.15) is 5.82 Å². The number of anilines is 1. The van der Waals surface area contributed by atoms with Crippen molar-refractivity contribution in [3.05, 3.63) is 66.7 Å². The molecule has 2 aliphatic rings. The molecule has 0 unspecified atom stereocenters. The fraction of sp³-hybridized carbons (Fsp3) is 0.448. The van der Waals surface area contributed by atoms with E-state index >= 15 is 0 Å². The lowest BCUT2D eigenvalue weighted by atomic mass is 9.79. The second kappa shape index (κ2) is 11.0. The topological polar surface area (TPSA) is 43.8 Å². The van der Waals surface area contributed by atoms with Crippen molar-refractivity contribution in [1.29, 1.82) is 0 Å². The maximum atomic E-state index is 4.65. The van der Waals surface area contributed by atoms with Gasteiger partial charge in [-0.1, -0.05) is 31.4 Å². The van der Waals surface area contributed by atoms with Crippen LogP contribution in [-0.4, -0.2) is 61.3 Å². The number of hydrogen-bond acceptors (Lipinski definition) is 5. The van der Waals surface area contributed by atoms with Crippen LogP contribution in [0.25, 0.3) is 16.3 Å². The number of allylic oxidation sites excluding steroid dienone is 4. The molecule has 1 aromatic carbocycles. The van der Waals surface area contributed by atoms with Crippen molar-refractivity contribution < 1.29 is 0 Å². The van der Waals surface area contributed by atoms with Crippen LogP contribution in [0.1, 0.15) is 38.2 Å². The Kier molecular flexibility index (Phi) is 7.84. The molecule has 1 aliphatic heterocycles. The van der Waals surface area contributed by atoms with Gasteiger partial charge in [0.15, 0.2) is 0 Å². The molecule has 1 saturated carbocycles. The predicted molar refractivity (Wildman–Crippen MR) is 146 cm³/mol. The Morgan fingerprint density at radius 2 is 1.74 bits per heavy atom. The first-order valence-electron chi connectivity index (χ1n) is 12.5. The van der Waals surface area contributed by atoms with Gasteiger partial charge in [-0.2, -0.15) is 0 Å². The van der Waals surface area contributed by atoms with Crippen LogP contribution < -0.4 is 5.32 Å². The van der Waals surface area contributed by atoms with E-state index in [1.54, 1.807) is 7.05 Å². The fourth-order valence-corrected chi connectivity index (χ4v) is 5.24. The highest BCUT2D eigenvalue weighted by Gasteiger charge is 2.28. The Morgan fingerprint density at radius 1 is 1.03 bits per heavy atom. The molecular formula is C29H39N5. The van der Waals surface area contributed by atoms with Crippen LogP contribution in [0.5, 0.6) is 0 Å². The van der Waals surface area contributed by atoms with Crippen molar-refractivity contribution in [2.75, 3.05) is 45.6 Å². The normalized spacial score (nSPS) is 22.3. The van der Waals surface area contributed by atoms with Gasteiger partial charge in [-0.3, -0.25) is 4.99 Å². The monoisotopic (exact) mass is 457 g/mol. The lowest BCUT2D eigenvalue weighted by Gasteiger charge is -2.40. The van der Waals surface area contributed by atoms with E-state index in [1.807, 2.05) is 19.3 Å². The van der Waals surface area contributed by atoms with Gasteiger partial charge >= 0.3 is 0 Å². The van der Waals surface area contributed by atoms with Gasteiger partial charge in [0.05, 0.1) is 0 Å². The first kappa shape index (κ1) is 24.2. The van der Waals surface area contributed by atoms with E-state index < -0.39 is 0 Å². The van der Waals surface area contributed by atoms with E-state index in [-0.39, 0.29) is 0 Å². The summed E-state index contributed by atoms with van der Waals surface area (Å²) >= 11 is 0. The summed E-state index contributed by atoms with van der Waals surface area (Å²) in [5, 5.41) is 5.82. The van der Waals surface area contributed by atoms with Crippen molar-refractivity contribution >= 4 is 28.4 Å². The van der Waals surface area contributed by atoms with Crippen LogP contribution in [0.2, 0.25) is 0 Å². The smallest absolute Gasteiger partial charge is 0.130 e. The molecule has 0 bridgehead atoms. The SMILES string of the molecule is C=C(Nc1cc2cc(C(/C=N\C)=C/C)ccc2cn1)[C@H]1CC[C@H](C(=C)N2CCN(C)CC2)CC1. The highest BCUT2D eigenvalue weighted by molar-refractivity contribution is 6.10. The number of benzene rings is 1. The van der Waals surface area contributed by atoms with Crippen molar-refractivity contribution in [1.82, 2.24) is 14.8 Å². The summed E-state index contributed by atoms with van der Waals surface area (Å²) in [6.07, 6.45) is 10.6. The maximum Gasteiger partial charge on any atom is 0.130 e. The molecule has 1 aromatic heterocycles. The van der Waals surface area contributed by atoms with Gasteiger partial charge in [0.2, 0.25) is 0 Å². The number of rotatable bonds is 7. The zero-order chi connectivity index (χ0) is 24.1. The van der Waals surface area contributed by atoms with E-state index in [9.17, 15) is 0 Å². The lowest BCUT2D eigenvalue weighted by Crippen LogP contribution is -2.45. The Balaban J connectivity index is 1.36.